The van der Waals surface area contributed by atoms with Gasteiger partial charge in [-0.15, -0.1) is 24.8 Å². The number of hydrogen-bond donors (Lipinski definition) is 2. The second kappa shape index (κ2) is 9.96. The van der Waals surface area contributed by atoms with Crippen molar-refractivity contribution in [1.82, 2.24) is 10.2 Å². The van der Waals surface area contributed by atoms with Crippen LogP contribution < -0.4 is 11.1 Å². The molecule has 1 aliphatic heterocycles. The van der Waals surface area contributed by atoms with Crippen molar-refractivity contribution in [1.29, 1.82) is 0 Å². The van der Waals surface area contributed by atoms with Gasteiger partial charge in [0.05, 0.1) is 11.6 Å². The number of alkyl halides is 3. The molecule has 27 heavy (non-hydrogen) atoms. The van der Waals surface area contributed by atoms with Crippen LogP contribution >= 0.6 is 24.8 Å². The SMILES string of the molecule is CC(C)(C)[C@H](N)C(=O)NC1CCN(Cc2ccc(C(F)(F)F)cc2)C1.Cl.Cl. The third-order valence-electron chi connectivity index (χ3n) is 4.52. The summed E-state index contributed by atoms with van der Waals surface area (Å²) in [7, 11) is 0. The smallest absolute Gasteiger partial charge is 0.351 e. The van der Waals surface area contributed by atoms with E-state index in [1.807, 2.05) is 20.8 Å². The number of carbonyl (C=O) groups excluding carboxylic acids is 1. The molecule has 9 heteroatoms. The first-order valence-electron chi connectivity index (χ1n) is 8.41. The van der Waals surface area contributed by atoms with Crippen LogP contribution in [0.2, 0.25) is 0 Å². The Labute approximate surface area is 170 Å². The summed E-state index contributed by atoms with van der Waals surface area (Å²) in [6.07, 6.45) is -3.50. The number of rotatable bonds is 4. The maximum atomic E-state index is 12.6. The van der Waals surface area contributed by atoms with E-state index < -0.39 is 17.8 Å². The Kier molecular flexibility index (Phi) is 9.58. The Balaban J connectivity index is 0.00000338. The standard InChI is InChI=1S/C18H26F3N3O.2ClH/c1-17(2,3)15(22)16(25)23-14-8-9-24(11-14)10-12-4-6-13(7-5-12)18(19,20)21;;/h4-7,14-15H,8-11,22H2,1-3H3,(H,23,25);2*1H/t14?,15-;;/m1../s1. The lowest BCUT2D eigenvalue weighted by Crippen LogP contribution is -2.51. The monoisotopic (exact) mass is 429 g/mol. The lowest BCUT2D eigenvalue weighted by molar-refractivity contribution is -0.137. The molecule has 1 saturated heterocycles. The molecule has 1 aromatic carbocycles. The van der Waals surface area contributed by atoms with Crippen molar-refractivity contribution in [3.8, 4) is 0 Å². The molecule has 0 spiro atoms. The van der Waals surface area contributed by atoms with Crippen LogP contribution in [0.5, 0.6) is 0 Å². The number of amides is 1. The maximum Gasteiger partial charge on any atom is 0.416 e. The van der Waals surface area contributed by atoms with Crippen LogP contribution in [-0.4, -0.2) is 36.0 Å². The van der Waals surface area contributed by atoms with Crippen molar-refractivity contribution >= 4 is 30.7 Å². The van der Waals surface area contributed by atoms with Crippen LogP contribution in [0.1, 0.15) is 38.3 Å². The normalized spacial score (nSPS) is 19.0. The van der Waals surface area contributed by atoms with Crippen LogP contribution in [0.15, 0.2) is 24.3 Å². The van der Waals surface area contributed by atoms with Gasteiger partial charge in [0.25, 0.3) is 0 Å². The fraction of sp³-hybridized carbons (Fsp3) is 0.611. The number of halogens is 5. The van der Waals surface area contributed by atoms with Crippen molar-refractivity contribution in [3.63, 3.8) is 0 Å². The summed E-state index contributed by atoms with van der Waals surface area (Å²) >= 11 is 0. The predicted octanol–water partition coefficient (Wildman–Crippen LogP) is 3.61. The molecule has 0 saturated carbocycles. The zero-order valence-corrected chi connectivity index (χ0v) is 17.3. The molecular weight excluding hydrogens is 402 g/mol. The zero-order valence-electron chi connectivity index (χ0n) is 15.7. The molecule has 2 rings (SSSR count). The van der Waals surface area contributed by atoms with Crippen molar-refractivity contribution < 1.29 is 18.0 Å². The maximum absolute atomic E-state index is 12.6. The Bertz CT molecular complexity index is 603. The van der Waals surface area contributed by atoms with E-state index in [0.29, 0.717) is 13.1 Å². The third-order valence-corrected chi connectivity index (χ3v) is 4.52. The lowest BCUT2D eigenvalue weighted by atomic mass is 9.87. The summed E-state index contributed by atoms with van der Waals surface area (Å²) in [4.78, 5) is 14.3. The van der Waals surface area contributed by atoms with Gasteiger partial charge in [-0.2, -0.15) is 13.2 Å². The van der Waals surface area contributed by atoms with Gasteiger partial charge in [0, 0.05) is 25.7 Å². The van der Waals surface area contributed by atoms with E-state index in [2.05, 4.69) is 10.2 Å². The van der Waals surface area contributed by atoms with E-state index in [1.54, 1.807) is 0 Å². The minimum Gasteiger partial charge on any atom is -0.351 e. The molecule has 1 aromatic rings. The number of hydrogen-bond acceptors (Lipinski definition) is 3. The first kappa shape index (κ1) is 26.0. The zero-order chi connectivity index (χ0) is 18.8. The summed E-state index contributed by atoms with van der Waals surface area (Å²) in [6.45, 7) is 7.78. The lowest BCUT2D eigenvalue weighted by Gasteiger charge is -2.27. The molecule has 156 valence electrons. The van der Waals surface area contributed by atoms with Crippen LogP contribution in [0.3, 0.4) is 0 Å². The minimum atomic E-state index is -4.31. The fourth-order valence-corrected chi connectivity index (χ4v) is 2.84. The number of nitrogens with zero attached hydrogens (tertiary/aromatic N) is 1. The molecular formula is C18H28Cl2F3N3O. The summed E-state index contributed by atoms with van der Waals surface area (Å²) < 4.78 is 37.8. The van der Waals surface area contributed by atoms with E-state index in [-0.39, 0.29) is 42.2 Å². The van der Waals surface area contributed by atoms with Gasteiger partial charge < -0.3 is 11.1 Å². The predicted molar refractivity (Wildman–Crippen MR) is 105 cm³/mol. The van der Waals surface area contributed by atoms with Gasteiger partial charge in [-0.25, -0.2) is 0 Å². The number of nitrogens with one attached hydrogen (secondary N) is 1. The Morgan fingerprint density at radius 3 is 2.26 bits per heavy atom. The van der Waals surface area contributed by atoms with Crippen LogP contribution in [-0.2, 0) is 17.5 Å². The quantitative estimate of drug-likeness (QED) is 0.768. The first-order valence-corrected chi connectivity index (χ1v) is 8.41. The molecule has 0 radical (unpaired) electrons. The van der Waals surface area contributed by atoms with Crippen molar-refractivity contribution in [2.75, 3.05) is 13.1 Å². The van der Waals surface area contributed by atoms with Gasteiger partial charge in [-0.3, -0.25) is 9.69 Å². The van der Waals surface area contributed by atoms with Crippen LogP contribution in [0.4, 0.5) is 13.2 Å². The van der Waals surface area contributed by atoms with Crippen LogP contribution in [0, 0.1) is 5.41 Å². The van der Waals surface area contributed by atoms with Gasteiger partial charge in [0.2, 0.25) is 5.91 Å². The summed E-state index contributed by atoms with van der Waals surface area (Å²) in [5.41, 5.74) is 5.84. The first-order chi connectivity index (χ1) is 11.5. The molecule has 0 aromatic heterocycles. The number of benzene rings is 1. The van der Waals surface area contributed by atoms with Gasteiger partial charge in [-0.05, 0) is 29.5 Å². The highest BCUT2D eigenvalue weighted by atomic mass is 35.5. The van der Waals surface area contributed by atoms with E-state index in [9.17, 15) is 18.0 Å². The van der Waals surface area contributed by atoms with E-state index >= 15 is 0 Å². The number of nitrogens with two attached hydrogens (primary N) is 1. The van der Waals surface area contributed by atoms with Crippen molar-refractivity contribution in [2.45, 2.75) is 52.0 Å². The average Bonchev–Trinajstić information content (AvgIpc) is 2.92. The van der Waals surface area contributed by atoms with Gasteiger partial charge in [0.1, 0.15) is 0 Å². The molecule has 1 amide bonds. The highest BCUT2D eigenvalue weighted by molar-refractivity contribution is 5.85. The molecule has 2 atom stereocenters. The van der Waals surface area contributed by atoms with E-state index in [0.717, 1.165) is 30.7 Å². The molecule has 0 bridgehead atoms. The number of carbonyl (C=O) groups is 1. The topological polar surface area (TPSA) is 58.4 Å². The second-order valence-electron chi connectivity index (χ2n) is 7.77. The van der Waals surface area contributed by atoms with Crippen molar-refractivity contribution in [2.24, 2.45) is 11.1 Å². The average molecular weight is 430 g/mol. The number of likely N-dealkylation sites (tertiary alicyclic amines) is 1. The molecule has 3 N–H and O–H groups in total. The Hall–Kier alpha value is -1.02. The minimum absolute atomic E-state index is 0. The van der Waals surface area contributed by atoms with Crippen LogP contribution in [0.25, 0.3) is 0 Å². The highest BCUT2D eigenvalue weighted by Crippen LogP contribution is 2.29. The van der Waals surface area contributed by atoms with E-state index in [1.165, 1.54) is 12.1 Å². The Morgan fingerprint density at radius 2 is 1.78 bits per heavy atom. The molecule has 1 aliphatic rings. The summed E-state index contributed by atoms with van der Waals surface area (Å²) in [6, 6.07) is 4.67. The van der Waals surface area contributed by atoms with Gasteiger partial charge in [-0.1, -0.05) is 32.9 Å². The second-order valence-corrected chi connectivity index (χ2v) is 7.77. The molecule has 1 heterocycles. The summed E-state index contributed by atoms with van der Waals surface area (Å²) in [5.74, 6) is -0.158. The van der Waals surface area contributed by atoms with Gasteiger partial charge in [0.15, 0.2) is 0 Å². The molecule has 1 fully saturated rings. The summed E-state index contributed by atoms with van der Waals surface area (Å²) in [5, 5.41) is 2.98. The van der Waals surface area contributed by atoms with E-state index in [4.69, 9.17) is 5.73 Å². The van der Waals surface area contributed by atoms with Crippen molar-refractivity contribution in [3.05, 3.63) is 35.4 Å². The molecule has 1 unspecified atom stereocenters. The Morgan fingerprint density at radius 1 is 1.22 bits per heavy atom. The molecule has 0 aliphatic carbocycles. The van der Waals surface area contributed by atoms with Gasteiger partial charge >= 0.3 is 6.18 Å². The highest BCUT2D eigenvalue weighted by Gasteiger charge is 2.32. The third kappa shape index (κ3) is 7.49. The largest absolute Gasteiger partial charge is 0.416 e. The molecule has 4 nitrogen and oxygen atoms in total. The fourth-order valence-electron chi connectivity index (χ4n) is 2.84.